The third-order valence-electron chi connectivity index (χ3n) is 3.66. The summed E-state index contributed by atoms with van der Waals surface area (Å²) in [5, 5.41) is 0. The summed E-state index contributed by atoms with van der Waals surface area (Å²) in [5.41, 5.74) is 0. The van der Waals surface area contributed by atoms with Crippen LogP contribution in [0.25, 0.3) is 0 Å². The smallest absolute Gasteiger partial charge is 0.0622 e. The first-order valence-corrected chi connectivity index (χ1v) is 6.11. The van der Waals surface area contributed by atoms with Crippen LogP contribution < -0.4 is 0 Å². The van der Waals surface area contributed by atoms with Crippen LogP contribution in [0, 0.1) is 5.92 Å². The van der Waals surface area contributed by atoms with Crippen LogP contribution in [0.4, 0.5) is 0 Å². The van der Waals surface area contributed by atoms with Gasteiger partial charge in [0, 0.05) is 18.6 Å². The fourth-order valence-corrected chi connectivity index (χ4v) is 2.84. The van der Waals surface area contributed by atoms with E-state index in [4.69, 9.17) is 4.74 Å². The van der Waals surface area contributed by atoms with Crippen LogP contribution in [0.5, 0.6) is 0 Å². The number of nitrogens with zero attached hydrogens (tertiary/aromatic N) is 1. The molecular weight excluding hydrogens is 174 g/mol. The second kappa shape index (κ2) is 4.63. The average Bonchev–Trinajstić information content (AvgIpc) is 2.23. The molecule has 0 aliphatic carbocycles. The highest BCUT2D eigenvalue weighted by Gasteiger charge is 2.29. The summed E-state index contributed by atoms with van der Waals surface area (Å²) in [5.74, 6) is 0.794. The van der Waals surface area contributed by atoms with Crippen molar-refractivity contribution in [1.29, 1.82) is 0 Å². The molecule has 2 aliphatic rings. The minimum Gasteiger partial charge on any atom is -0.379 e. The Morgan fingerprint density at radius 1 is 1.14 bits per heavy atom. The highest BCUT2D eigenvalue weighted by Crippen LogP contribution is 2.25. The molecule has 2 bridgehead atoms. The van der Waals surface area contributed by atoms with Crippen molar-refractivity contribution in [3.05, 3.63) is 0 Å². The molecule has 0 radical (unpaired) electrons. The molecule has 82 valence electrons. The molecule has 0 aromatic rings. The van der Waals surface area contributed by atoms with E-state index in [0.717, 1.165) is 19.1 Å². The first kappa shape index (κ1) is 10.4. The summed E-state index contributed by atoms with van der Waals surface area (Å²) in [6.07, 6.45) is 5.52. The van der Waals surface area contributed by atoms with Crippen molar-refractivity contribution in [2.45, 2.75) is 51.6 Å². The molecule has 0 amide bonds. The van der Waals surface area contributed by atoms with Gasteiger partial charge in [-0.15, -0.1) is 0 Å². The van der Waals surface area contributed by atoms with Crippen molar-refractivity contribution in [2.75, 3.05) is 19.8 Å². The standard InChI is InChI=1S/C12H23NO/c1-10(2)13-7-11-5-3-4-6-12(13)9-14-8-11/h10-12H,3-9H2,1-2H3. The van der Waals surface area contributed by atoms with E-state index in [1.807, 2.05) is 0 Å². The lowest BCUT2D eigenvalue weighted by atomic mass is 9.95. The SMILES string of the molecule is CC(C)N1CC2CCCCC1COC2. The Hall–Kier alpha value is -0.0800. The van der Waals surface area contributed by atoms with Gasteiger partial charge >= 0.3 is 0 Å². The lowest BCUT2D eigenvalue weighted by Gasteiger charge is -2.35. The molecule has 2 unspecified atom stereocenters. The van der Waals surface area contributed by atoms with E-state index >= 15 is 0 Å². The molecule has 0 aromatic carbocycles. The Bertz CT molecular complexity index is 177. The molecule has 0 N–H and O–H groups in total. The number of hydrogen-bond acceptors (Lipinski definition) is 2. The maximum atomic E-state index is 5.78. The minimum absolute atomic E-state index is 0.683. The predicted octanol–water partition coefficient (Wildman–Crippen LogP) is 2.29. The third kappa shape index (κ3) is 2.29. The van der Waals surface area contributed by atoms with Crippen molar-refractivity contribution in [1.82, 2.24) is 4.90 Å². The Morgan fingerprint density at radius 2 is 1.93 bits per heavy atom. The van der Waals surface area contributed by atoms with Crippen LogP contribution in [0.2, 0.25) is 0 Å². The summed E-state index contributed by atoms with van der Waals surface area (Å²) >= 11 is 0. The maximum Gasteiger partial charge on any atom is 0.0622 e. The minimum atomic E-state index is 0.683. The molecule has 2 heterocycles. The molecule has 2 nitrogen and oxygen atoms in total. The lowest BCUT2D eigenvalue weighted by molar-refractivity contribution is 0.0818. The van der Waals surface area contributed by atoms with Crippen LogP contribution in [-0.2, 0) is 4.74 Å². The van der Waals surface area contributed by atoms with Crippen molar-refractivity contribution < 1.29 is 4.74 Å². The topological polar surface area (TPSA) is 12.5 Å². The molecule has 14 heavy (non-hydrogen) atoms. The van der Waals surface area contributed by atoms with Crippen molar-refractivity contribution in [2.24, 2.45) is 5.92 Å². The monoisotopic (exact) mass is 197 g/mol. The van der Waals surface area contributed by atoms with Gasteiger partial charge in [0.05, 0.1) is 13.2 Å². The number of hydrogen-bond donors (Lipinski definition) is 0. The van der Waals surface area contributed by atoms with Gasteiger partial charge in [0.2, 0.25) is 0 Å². The zero-order chi connectivity index (χ0) is 9.97. The van der Waals surface area contributed by atoms with E-state index in [0.29, 0.717) is 12.1 Å². The molecule has 0 spiro atoms. The maximum absolute atomic E-state index is 5.78. The van der Waals surface area contributed by atoms with Gasteiger partial charge in [-0.1, -0.05) is 12.8 Å². The van der Waals surface area contributed by atoms with Gasteiger partial charge in [-0.25, -0.2) is 0 Å². The molecule has 2 rings (SSSR count). The van der Waals surface area contributed by atoms with E-state index in [2.05, 4.69) is 18.7 Å². The van der Waals surface area contributed by atoms with Gasteiger partial charge in [-0.3, -0.25) is 4.90 Å². The van der Waals surface area contributed by atoms with Gasteiger partial charge in [-0.05, 0) is 32.6 Å². The van der Waals surface area contributed by atoms with E-state index in [-0.39, 0.29) is 0 Å². The van der Waals surface area contributed by atoms with Gasteiger partial charge in [0.15, 0.2) is 0 Å². The highest BCUT2D eigenvalue weighted by atomic mass is 16.5. The molecule has 2 saturated heterocycles. The Morgan fingerprint density at radius 3 is 2.71 bits per heavy atom. The van der Waals surface area contributed by atoms with Crippen LogP contribution in [0.1, 0.15) is 39.5 Å². The summed E-state index contributed by atoms with van der Waals surface area (Å²) in [6, 6.07) is 1.38. The summed E-state index contributed by atoms with van der Waals surface area (Å²) < 4.78 is 5.78. The van der Waals surface area contributed by atoms with Crippen LogP contribution in [-0.4, -0.2) is 36.7 Å². The second-order valence-electron chi connectivity index (χ2n) is 5.13. The van der Waals surface area contributed by atoms with Crippen LogP contribution in [0.15, 0.2) is 0 Å². The van der Waals surface area contributed by atoms with Crippen LogP contribution >= 0.6 is 0 Å². The van der Waals surface area contributed by atoms with E-state index < -0.39 is 0 Å². The fraction of sp³-hybridized carbons (Fsp3) is 1.00. The third-order valence-corrected chi connectivity index (χ3v) is 3.66. The molecule has 2 atom stereocenters. The Kier molecular flexibility index (Phi) is 3.45. The van der Waals surface area contributed by atoms with E-state index in [1.54, 1.807) is 0 Å². The first-order chi connectivity index (χ1) is 6.77. The van der Waals surface area contributed by atoms with E-state index in [9.17, 15) is 0 Å². The molecule has 0 aromatic heterocycles. The number of rotatable bonds is 1. The molecule has 2 fully saturated rings. The predicted molar refractivity (Wildman–Crippen MR) is 58.4 cm³/mol. The fourth-order valence-electron chi connectivity index (χ4n) is 2.84. The quantitative estimate of drug-likeness (QED) is 0.639. The normalized spacial score (nSPS) is 35.4. The Labute approximate surface area is 87.6 Å². The number of fused-ring (bicyclic) bond motifs is 3. The summed E-state index contributed by atoms with van der Waals surface area (Å²) in [6.45, 7) is 7.87. The molecular formula is C12H23NO. The average molecular weight is 197 g/mol. The first-order valence-electron chi connectivity index (χ1n) is 6.11. The molecule has 0 saturated carbocycles. The van der Waals surface area contributed by atoms with Crippen molar-refractivity contribution >= 4 is 0 Å². The van der Waals surface area contributed by atoms with Crippen molar-refractivity contribution in [3.63, 3.8) is 0 Å². The largest absolute Gasteiger partial charge is 0.379 e. The lowest BCUT2D eigenvalue weighted by Crippen LogP contribution is -2.44. The van der Waals surface area contributed by atoms with Gasteiger partial charge in [0.1, 0.15) is 0 Å². The Balaban J connectivity index is 2.08. The van der Waals surface area contributed by atoms with Gasteiger partial charge < -0.3 is 4.74 Å². The van der Waals surface area contributed by atoms with Crippen LogP contribution in [0.3, 0.4) is 0 Å². The summed E-state index contributed by atoms with van der Waals surface area (Å²) in [4.78, 5) is 2.66. The summed E-state index contributed by atoms with van der Waals surface area (Å²) in [7, 11) is 0. The molecule has 2 aliphatic heterocycles. The van der Waals surface area contributed by atoms with Crippen molar-refractivity contribution in [3.8, 4) is 0 Å². The number of ether oxygens (including phenoxy) is 1. The zero-order valence-electron chi connectivity index (χ0n) is 9.54. The highest BCUT2D eigenvalue weighted by molar-refractivity contribution is 4.82. The second-order valence-corrected chi connectivity index (χ2v) is 5.13. The van der Waals surface area contributed by atoms with Gasteiger partial charge in [-0.2, -0.15) is 0 Å². The molecule has 2 heteroatoms. The zero-order valence-corrected chi connectivity index (χ0v) is 9.54. The van der Waals surface area contributed by atoms with E-state index in [1.165, 1.54) is 32.2 Å². The van der Waals surface area contributed by atoms with Gasteiger partial charge in [0.25, 0.3) is 0 Å².